The van der Waals surface area contributed by atoms with Crippen molar-refractivity contribution in [2.75, 3.05) is 6.54 Å². The number of benzene rings is 2. The van der Waals surface area contributed by atoms with Crippen molar-refractivity contribution in [3.63, 3.8) is 0 Å². The summed E-state index contributed by atoms with van der Waals surface area (Å²) in [6, 6.07) is 9.31. The summed E-state index contributed by atoms with van der Waals surface area (Å²) in [5, 5.41) is 3.99. The van der Waals surface area contributed by atoms with E-state index in [9.17, 15) is 18.0 Å². The van der Waals surface area contributed by atoms with E-state index in [2.05, 4.69) is 5.16 Å². The van der Waals surface area contributed by atoms with Crippen LogP contribution in [0, 0.1) is 17.5 Å². The van der Waals surface area contributed by atoms with Crippen LogP contribution in [0.1, 0.15) is 30.9 Å². The highest BCUT2D eigenvalue weighted by molar-refractivity contribution is 6.01. The highest BCUT2D eigenvalue weighted by Crippen LogP contribution is 2.20. The van der Waals surface area contributed by atoms with Crippen molar-refractivity contribution in [3.8, 4) is 0 Å². The maximum absolute atomic E-state index is 13.9. The molecule has 1 aliphatic heterocycles. The Morgan fingerprint density at radius 2 is 1.96 bits per heavy atom. The van der Waals surface area contributed by atoms with Crippen LogP contribution in [0.5, 0.6) is 0 Å². The molecule has 1 heterocycles. The topological polar surface area (TPSA) is 41.9 Å². The summed E-state index contributed by atoms with van der Waals surface area (Å²) in [6.45, 7) is 1.92. The highest BCUT2D eigenvalue weighted by atomic mass is 19.1. The molecule has 2 aromatic rings. The largest absolute Gasteiger partial charge is 0.390 e. The van der Waals surface area contributed by atoms with E-state index in [1.807, 2.05) is 0 Å². The van der Waals surface area contributed by atoms with Crippen LogP contribution in [0.2, 0.25) is 0 Å². The minimum atomic E-state index is -0.701. The number of rotatable bonds is 6. The molecule has 27 heavy (non-hydrogen) atoms. The number of carbonyl (C=O) groups excluding carboxylic acids is 1. The Morgan fingerprint density at radius 3 is 2.67 bits per heavy atom. The zero-order chi connectivity index (χ0) is 19.4. The van der Waals surface area contributed by atoms with Crippen LogP contribution >= 0.6 is 0 Å². The zero-order valence-electron chi connectivity index (χ0n) is 14.8. The van der Waals surface area contributed by atoms with E-state index in [4.69, 9.17) is 4.84 Å². The fraction of sp³-hybridized carbons (Fsp3) is 0.300. The third-order valence-corrected chi connectivity index (χ3v) is 4.35. The first-order valence-corrected chi connectivity index (χ1v) is 8.66. The van der Waals surface area contributed by atoms with Gasteiger partial charge in [-0.3, -0.25) is 4.79 Å². The van der Waals surface area contributed by atoms with Gasteiger partial charge < -0.3 is 9.74 Å². The molecule has 0 spiro atoms. The molecule has 1 amide bonds. The van der Waals surface area contributed by atoms with E-state index in [1.165, 1.54) is 23.1 Å². The average Bonchev–Trinajstić information content (AvgIpc) is 3.11. The first kappa shape index (κ1) is 18.9. The predicted octanol–water partition coefficient (Wildman–Crippen LogP) is 4.04. The summed E-state index contributed by atoms with van der Waals surface area (Å²) in [5.74, 6) is -1.92. The van der Waals surface area contributed by atoms with Gasteiger partial charge in [-0.2, -0.15) is 0 Å². The molecule has 0 aliphatic carbocycles. The van der Waals surface area contributed by atoms with Gasteiger partial charge in [0, 0.05) is 36.6 Å². The first-order valence-electron chi connectivity index (χ1n) is 8.66. The second kappa shape index (κ2) is 8.24. The van der Waals surface area contributed by atoms with Gasteiger partial charge in [-0.15, -0.1) is 0 Å². The van der Waals surface area contributed by atoms with Crippen LogP contribution in [-0.2, 0) is 16.2 Å². The van der Waals surface area contributed by atoms with Crippen molar-refractivity contribution in [1.29, 1.82) is 0 Å². The number of amides is 1. The van der Waals surface area contributed by atoms with Crippen molar-refractivity contribution in [3.05, 3.63) is 71.0 Å². The molecule has 2 aromatic carbocycles. The van der Waals surface area contributed by atoms with E-state index >= 15 is 0 Å². The van der Waals surface area contributed by atoms with Crippen LogP contribution < -0.4 is 0 Å². The SMILES string of the molecule is CCC(=O)N(Cc1ccc(F)cc1F)CC1CC(c2cccc(F)c2)=NO1. The molecule has 0 saturated carbocycles. The van der Waals surface area contributed by atoms with E-state index < -0.39 is 17.7 Å². The minimum Gasteiger partial charge on any atom is -0.390 e. The van der Waals surface area contributed by atoms with Crippen LogP contribution in [0.15, 0.2) is 47.6 Å². The Morgan fingerprint density at radius 1 is 1.19 bits per heavy atom. The van der Waals surface area contributed by atoms with Gasteiger partial charge in [-0.05, 0) is 18.2 Å². The minimum absolute atomic E-state index is 0.00788. The zero-order valence-corrected chi connectivity index (χ0v) is 14.8. The second-order valence-electron chi connectivity index (χ2n) is 6.34. The molecule has 0 saturated heterocycles. The first-order chi connectivity index (χ1) is 13.0. The van der Waals surface area contributed by atoms with Crippen molar-refractivity contribution >= 4 is 11.6 Å². The standard InChI is InChI=1S/C20H19F3N2O2/c1-2-20(26)25(11-14-6-7-16(22)9-18(14)23)12-17-10-19(24-27-17)13-4-3-5-15(21)8-13/h3-9,17H,2,10-12H2,1H3. The fourth-order valence-electron chi connectivity index (χ4n) is 2.94. The van der Waals surface area contributed by atoms with Crippen LogP contribution in [0.25, 0.3) is 0 Å². The van der Waals surface area contributed by atoms with E-state index in [1.54, 1.807) is 19.1 Å². The van der Waals surface area contributed by atoms with Crippen molar-refractivity contribution < 1.29 is 22.8 Å². The molecule has 142 valence electrons. The summed E-state index contributed by atoms with van der Waals surface area (Å²) in [7, 11) is 0. The number of oxime groups is 1. The Labute approximate surface area is 155 Å². The maximum Gasteiger partial charge on any atom is 0.222 e. The average molecular weight is 376 g/mol. The fourth-order valence-corrected chi connectivity index (χ4v) is 2.94. The molecule has 0 radical (unpaired) electrons. The molecule has 3 rings (SSSR count). The molecule has 0 N–H and O–H groups in total. The molecular weight excluding hydrogens is 357 g/mol. The molecule has 7 heteroatoms. The van der Waals surface area contributed by atoms with Crippen LogP contribution in [-0.4, -0.2) is 29.2 Å². The van der Waals surface area contributed by atoms with E-state index in [0.717, 1.165) is 12.1 Å². The molecule has 0 aromatic heterocycles. The number of halogens is 3. The normalized spacial score (nSPS) is 16.0. The Kier molecular flexibility index (Phi) is 5.78. The molecule has 0 bridgehead atoms. The quantitative estimate of drug-likeness (QED) is 0.764. The second-order valence-corrected chi connectivity index (χ2v) is 6.34. The van der Waals surface area contributed by atoms with E-state index in [-0.39, 0.29) is 36.8 Å². The lowest BCUT2D eigenvalue weighted by molar-refractivity contribution is -0.133. The van der Waals surface area contributed by atoms with Crippen LogP contribution in [0.3, 0.4) is 0 Å². The lowest BCUT2D eigenvalue weighted by Gasteiger charge is -2.24. The van der Waals surface area contributed by atoms with Gasteiger partial charge in [0.2, 0.25) is 5.91 Å². The number of nitrogens with zero attached hydrogens (tertiary/aromatic N) is 2. The van der Waals surface area contributed by atoms with Gasteiger partial charge in [0.25, 0.3) is 0 Å². The Hall–Kier alpha value is -2.83. The molecule has 1 aliphatic rings. The van der Waals surface area contributed by atoms with Crippen molar-refractivity contribution in [1.82, 2.24) is 4.90 Å². The predicted molar refractivity (Wildman–Crippen MR) is 94.5 cm³/mol. The summed E-state index contributed by atoms with van der Waals surface area (Å²) in [5.41, 5.74) is 1.44. The third kappa shape index (κ3) is 4.67. The van der Waals surface area contributed by atoms with Gasteiger partial charge in [-0.1, -0.05) is 30.3 Å². The van der Waals surface area contributed by atoms with Gasteiger partial charge in [0.05, 0.1) is 12.3 Å². The van der Waals surface area contributed by atoms with Crippen molar-refractivity contribution in [2.45, 2.75) is 32.4 Å². The molecule has 1 unspecified atom stereocenters. The number of hydrogen-bond acceptors (Lipinski definition) is 3. The molecule has 0 fully saturated rings. The van der Waals surface area contributed by atoms with Crippen LogP contribution in [0.4, 0.5) is 13.2 Å². The number of hydrogen-bond donors (Lipinski definition) is 0. The van der Waals surface area contributed by atoms with Gasteiger partial charge in [0.1, 0.15) is 17.5 Å². The highest BCUT2D eigenvalue weighted by Gasteiger charge is 2.27. The number of carbonyl (C=O) groups is 1. The smallest absolute Gasteiger partial charge is 0.222 e. The third-order valence-electron chi connectivity index (χ3n) is 4.35. The molecular formula is C20H19F3N2O2. The monoisotopic (exact) mass is 376 g/mol. The van der Waals surface area contributed by atoms with Gasteiger partial charge >= 0.3 is 0 Å². The van der Waals surface area contributed by atoms with E-state index in [0.29, 0.717) is 17.7 Å². The lowest BCUT2D eigenvalue weighted by atomic mass is 10.0. The summed E-state index contributed by atoms with van der Waals surface area (Å²) >= 11 is 0. The lowest BCUT2D eigenvalue weighted by Crippen LogP contribution is -2.37. The van der Waals surface area contributed by atoms with Gasteiger partial charge in [0.15, 0.2) is 6.10 Å². The summed E-state index contributed by atoms with van der Waals surface area (Å²) < 4.78 is 40.4. The van der Waals surface area contributed by atoms with Gasteiger partial charge in [-0.25, -0.2) is 13.2 Å². The maximum atomic E-state index is 13.9. The van der Waals surface area contributed by atoms with Crippen molar-refractivity contribution in [2.24, 2.45) is 5.16 Å². The summed E-state index contributed by atoms with van der Waals surface area (Å²) in [6.07, 6.45) is 0.234. The molecule has 1 atom stereocenters. The Balaban J connectivity index is 1.68. The molecule has 4 nitrogen and oxygen atoms in total. The summed E-state index contributed by atoms with van der Waals surface area (Å²) in [4.78, 5) is 19.1. The Bertz CT molecular complexity index is 870.